The number of carbonyl (C=O) groups excluding carboxylic acids is 2. The van der Waals surface area contributed by atoms with Gasteiger partial charge in [-0.1, -0.05) is 19.4 Å². The highest BCUT2D eigenvalue weighted by molar-refractivity contribution is 6.04. The minimum Gasteiger partial charge on any atom is -0.495 e. The van der Waals surface area contributed by atoms with Gasteiger partial charge in [-0.05, 0) is 56.5 Å². The van der Waals surface area contributed by atoms with E-state index < -0.39 is 11.6 Å². The third kappa shape index (κ3) is 5.40. The van der Waals surface area contributed by atoms with Crippen LogP contribution in [-0.4, -0.2) is 73.3 Å². The summed E-state index contributed by atoms with van der Waals surface area (Å²) in [5.41, 5.74) is -0.735. The fourth-order valence-electron chi connectivity index (χ4n) is 5.62. The average Bonchev–Trinajstić information content (AvgIpc) is 3.48. The van der Waals surface area contributed by atoms with Crippen LogP contribution >= 0.6 is 0 Å². The van der Waals surface area contributed by atoms with Crippen molar-refractivity contribution in [1.82, 2.24) is 20.6 Å². The number of hydrogen-bond acceptors (Lipinski definition) is 8. The molecule has 2 atom stereocenters. The lowest BCUT2D eigenvalue weighted by molar-refractivity contribution is -0.126. The molecule has 1 aliphatic carbocycles. The summed E-state index contributed by atoms with van der Waals surface area (Å²) in [7, 11) is 3.06. The molecule has 3 N–H and O–H groups in total. The Kier molecular flexibility index (Phi) is 7.69. The number of fused-ring (bicyclic) bond motifs is 1. The molecule has 2 aromatic rings. The summed E-state index contributed by atoms with van der Waals surface area (Å²) >= 11 is 0. The summed E-state index contributed by atoms with van der Waals surface area (Å²) in [6, 6.07) is 5.30. The standard InChI is InChI=1S/C28H36FN7O3/c1-4-28(29)17-36(20-9-5-6-10-20)24-22(35(2)26(28)38)16-31-27(34-24)33-21-12-11-18(14-23(21)39-3)25(37)32-19-8-7-13-30-15-19/h4,11-12,14,16,19-20,30H,1,5-10,13,15,17H2,2-3H3,(H,32,37)(H,31,33,34)/t19-,28-/m1/s1. The maximum Gasteiger partial charge on any atom is 0.270 e. The molecule has 11 heteroatoms. The first-order chi connectivity index (χ1) is 18.8. The van der Waals surface area contributed by atoms with Crippen molar-refractivity contribution in [3.05, 3.63) is 42.6 Å². The highest BCUT2D eigenvalue weighted by atomic mass is 19.1. The Morgan fingerprint density at radius 1 is 1.28 bits per heavy atom. The van der Waals surface area contributed by atoms with E-state index >= 15 is 4.39 Å². The second-order valence-electron chi connectivity index (χ2n) is 10.5. The fourth-order valence-corrected chi connectivity index (χ4v) is 5.62. The summed E-state index contributed by atoms with van der Waals surface area (Å²) < 4.78 is 21.4. The van der Waals surface area contributed by atoms with Crippen molar-refractivity contribution in [2.75, 3.05) is 48.9 Å². The molecule has 2 fully saturated rings. The number of carbonyl (C=O) groups is 2. The van der Waals surface area contributed by atoms with Gasteiger partial charge in [0.1, 0.15) is 11.4 Å². The van der Waals surface area contributed by atoms with Crippen molar-refractivity contribution in [2.45, 2.75) is 56.3 Å². The van der Waals surface area contributed by atoms with Crippen LogP contribution in [-0.2, 0) is 4.79 Å². The van der Waals surface area contributed by atoms with Crippen LogP contribution < -0.4 is 30.5 Å². The number of rotatable bonds is 7. The predicted molar refractivity (Wildman–Crippen MR) is 149 cm³/mol. The molecule has 1 saturated heterocycles. The Bertz CT molecular complexity index is 1250. The predicted octanol–water partition coefficient (Wildman–Crippen LogP) is 3.33. The number of benzene rings is 1. The normalized spacial score (nSPS) is 23.7. The van der Waals surface area contributed by atoms with Crippen LogP contribution in [0, 0.1) is 0 Å². The largest absolute Gasteiger partial charge is 0.495 e. The number of amides is 2. The number of ether oxygens (including phenoxy) is 1. The van der Waals surface area contributed by atoms with Crippen molar-refractivity contribution >= 4 is 35.0 Å². The molecule has 1 aromatic heterocycles. The lowest BCUT2D eigenvalue weighted by atomic mass is 10.0. The van der Waals surface area contributed by atoms with Gasteiger partial charge < -0.3 is 30.5 Å². The molecule has 39 heavy (non-hydrogen) atoms. The maximum atomic E-state index is 15.8. The summed E-state index contributed by atoms with van der Waals surface area (Å²) in [4.78, 5) is 38.2. The molecule has 1 saturated carbocycles. The van der Waals surface area contributed by atoms with Crippen molar-refractivity contribution in [2.24, 2.45) is 0 Å². The Hall–Kier alpha value is -3.73. The lowest BCUT2D eigenvalue weighted by Gasteiger charge is -2.32. The summed E-state index contributed by atoms with van der Waals surface area (Å²) in [5, 5.41) is 9.55. The zero-order chi connectivity index (χ0) is 27.6. The third-order valence-electron chi connectivity index (χ3n) is 7.88. The quantitative estimate of drug-likeness (QED) is 0.462. The van der Waals surface area contributed by atoms with Crippen LogP contribution in [0.2, 0.25) is 0 Å². The number of piperidine rings is 1. The number of anilines is 4. The van der Waals surface area contributed by atoms with Gasteiger partial charge >= 0.3 is 0 Å². The van der Waals surface area contributed by atoms with Gasteiger partial charge in [0.2, 0.25) is 11.6 Å². The van der Waals surface area contributed by atoms with Crippen LogP contribution in [0.5, 0.6) is 5.75 Å². The minimum atomic E-state index is -2.24. The van der Waals surface area contributed by atoms with Crippen LogP contribution in [0.15, 0.2) is 37.1 Å². The van der Waals surface area contributed by atoms with Gasteiger partial charge in [0, 0.05) is 31.2 Å². The molecule has 3 aliphatic rings. The van der Waals surface area contributed by atoms with Gasteiger partial charge in [0.25, 0.3) is 11.8 Å². The number of nitrogens with one attached hydrogen (secondary N) is 3. The van der Waals surface area contributed by atoms with Crippen molar-refractivity contribution in [3.63, 3.8) is 0 Å². The number of nitrogens with zero attached hydrogens (tertiary/aromatic N) is 4. The topological polar surface area (TPSA) is 112 Å². The highest BCUT2D eigenvalue weighted by Crippen LogP contribution is 2.40. The lowest BCUT2D eigenvalue weighted by Crippen LogP contribution is -2.49. The Morgan fingerprint density at radius 3 is 2.77 bits per heavy atom. The van der Waals surface area contributed by atoms with Crippen molar-refractivity contribution in [3.8, 4) is 5.75 Å². The molecular formula is C28H36FN7O3. The van der Waals surface area contributed by atoms with E-state index in [2.05, 4.69) is 27.5 Å². The Balaban J connectivity index is 1.42. The maximum absolute atomic E-state index is 15.8. The van der Waals surface area contributed by atoms with Gasteiger partial charge in [-0.3, -0.25) is 9.59 Å². The Morgan fingerprint density at radius 2 is 2.08 bits per heavy atom. The van der Waals surface area contributed by atoms with E-state index in [0.717, 1.165) is 57.7 Å². The second-order valence-corrected chi connectivity index (χ2v) is 10.5. The summed E-state index contributed by atoms with van der Waals surface area (Å²) in [5.74, 6) is 0.367. The molecule has 5 rings (SSSR count). The van der Waals surface area contributed by atoms with Crippen molar-refractivity contribution in [1.29, 1.82) is 0 Å². The van der Waals surface area contributed by atoms with Gasteiger partial charge in [0.15, 0.2) is 5.82 Å². The first-order valence-electron chi connectivity index (χ1n) is 13.5. The van der Waals surface area contributed by atoms with Crippen LogP contribution in [0.3, 0.4) is 0 Å². The number of hydrogen-bond donors (Lipinski definition) is 3. The molecule has 10 nitrogen and oxygen atoms in total. The molecule has 2 aliphatic heterocycles. The fraction of sp³-hybridized carbons (Fsp3) is 0.500. The number of methoxy groups -OCH3 is 1. The SMILES string of the molecule is C=C[C@@]1(F)CN(C2CCCC2)c2nc(Nc3ccc(C(=O)N[C@@H]4CCCNC4)cc3OC)ncc2N(C)C1=O. The van der Waals surface area contributed by atoms with E-state index in [9.17, 15) is 9.59 Å². The van der Waals surface area contributed by atoms with Crippen LogP contribution in [0.1, 0.15) is 48.9 Å². The van der Waals surface area contributed by atoms with Crippen LogP contribution in [0.4, 0.5) is 27.5 Å². The molecular weight excluding hydrogens is 501 g/mol. The zero-order valence-corrected chi connectivity index (χ0v) is 22.5. The number of alkyl halides is 1. The van der Waals surface area contributed by atoms with E-state index in [0.29, 0.717) is 28.5 Å². The first-order valence-corrected chi connectivity index (χ1v) is 13.5. The minimum absolute atomic E-state index is 0.0626. The first kappa shape index (κ1) is 26.9. The van der Waals surface area contributed by atoms with Gasteiger partial charge in [-0.15, -0.1) is 0 Å². The third-order valence-corrected chi connectivity index (χ3v) is 7.88. The molecule has 2 amide bonds. The van der Waals surface area contributed by atoms with Gasteiger partial charge in [-0.25, -0.2) is 9.37 Å². The van der Waals surface area contributed by atoms with E-state index in [1.54, 1.807) is 18.2 Å². The number of aromatic nitrogens is 2. The molecule has 0 spiro atoms. The monoisotopic (exact) mass is 537 g/mol. The molecule has 0 bridgehead atoms. The smallest absolute Gasteiger partial charge is 0.270 e. The molecule has 0 radical (unpaired) electrons. The van der Waals surface area contributed by atoms with Crippen LogP contribution in [0.25, 0.3) is 0 Å². The zero-order valence-electron chi connectivity index (χ0n) is 22.5. The van der Waals surface area contributed by atoms with Gasteiger partial charge in [-0.2, -0.15) is 4.98 Å². The van der Waals surface area contributed by atoms with Gasteiger partial charge in [0.05, 0.1) is 25.5 Å². The second kappa shape index (κ2) is 11.2. The Labute approximate surface area is 228 Å². The average molecular weight is 538 g/mol. The molecule has 1 aromatic carbocycles. The van der Waals surface area contributed by atoms with E-state index in [4.69, 9.17) is 9.72 Å². The van der Waals surface area contributed by atoms with E-state index in [1.165, 1.54) is 25.3 Å². The molecule has 0 unspecified atom stereocenters. The summed E-state index contributed by atoms with van der Waals surface area (Å²) in [6.45, 7) is 5.18. The number of halogens is 1. The van der Waals surface area contributed by atoms with E-state index in [-0.39, 0.29) is 30.5 Å². The molecule has 208 valence electrons. The molecule has 3 heterocycles. The van der Waals surface area contributed by atoms with E-state index in [1.807, 2.05) is 4.90 Å². The highest BCUT2D eigenvalue weighted by Gasteiger charge is 2.46. The summed E-state index contributed by atoms with van der Waals surface area (Å²) in [6.07, 6.45) is 8.46. The van der Waals surface area contributed by atoms with Crippen molar-refractivity contribution < 1.29 is 18.7 Å².